The fourth-order valence-corrected chi connectivity index (χ4v) is 2.68. The molecular weight excluding hydrogens is 309 g/mol. The van der Waals surface area contributed by atoms with Crippen molar-refractivity contribution in [1.82, 2.24) is 14.8 Å². The fourth-order valence-electron chi connectivity index (χ4n) is 2.68. The van der Waals surface area contributed by atoms with Crippen LogP contribution in [0.2, 0.25) is 0 Å². The highest BCUT2D eigenvalue weighted by Crippen LogP contribution is 2.27. The van der Waals surface area contributed by atoms with E-state index in [1.165, 1.54) is 10.9 Å². The number of hydrogen-bond donors (Lipinski definition) is 1. The normalized spacial score (nSPS) is 18.6. The molecule has 1 aliphatic rings. The van der Waals surface area contributed by atoms with Crippen LogP contribution in [0.15, 0.2) is 30.6 Å². The predicted octanol–water partition coefficient (Wildman–Crippen LogP) is 2.16. The van der Waals surface area contributed by atoms with E-state index in [9.17, 15) is 13.2 Å². The van der Waals surface area contributed by atoms with E-state index in [1.54, 1.807) is 6.20 Å². The molecule has 0 radical (unpaired) electrons. The van der Waals surface area contributed by atoms with E-state index in [2.05, 4.69) is 15.0 Å². The van der Waals surface area contributed by atoms with Crippen molar-refractivity contribution in [3.05, 3.63) is 41.9 Å². The highest BCUT2D eigenvalue weighted by Gasteiger charge is 2.33. The number of aliphatic hydroxyl groups excluding tert-OH is 1. The molecule has 0 aliphatic carbocycles. The molecule has 0 saturated carbocycles. The first kappa shape index (κ1) is 15.8. The van der Waals surface area contributed by atoms with Crippen LogP contribution in [0, 0.1) is 5.92 Å². The van der Waals surface area contributed by atoms with Crippen LogP contribution in [0.4, 0.5) is 19.0 Å². The SMILES string of the molecule is OC[C@@H]1CCN(c2ccc(Cn3ccc(C(F)(F)F)n3)cn2)C1. The summed E-state index contributed by atoms with van der Waals surface area (Å²) < 4.78 is 38.8. The third kappa shape index (κ3) is 3.64. The maximum atomic E-state index is 12.5. The molecule has 1 fully saturated rings. The average molecular weight is 326 g/mol. The highest BCUT2D eigenvalue weighted by atomic mass is 19.4. The van der Waals surface area contributed by atoms with E-state index in [0.29, 0.717) is 0 Å². The van der Waals surface area contributed by atoms with Crippen LogP contribution >= 0.6 is 0 Å². The Balaban J connectivity index is 1.65. The second-order valence-electron chi connectivity index (χ2n) is 5.70. The second-order valence-corrected chi connectivity index (χ2v) is 5.70. The van der Waals surface area contributed by atoms with Gasteiger partial charge in [0.05, 0.1) is 6.54 Å². The summed E-state index contributed by atoms with van der Waals surface area (Å²) in [5.41, 5.74) is -0.113. The van der Waals surface area contributed by atoms with Crippen LogP contribution in [0.3, 0.4) is 0 Å². The molecule has 3 heterocycles. The molecule has 124 valence electrons. The lowest BCUT2D eigenvalue weighted by Crippen LogP contribution is -2.21. The van der Waals surface area contributed by atoms with Gasteiger partial charge in [-0.2, -0.15) is 18.3 Å². The number of rotatable bonds is 4. The quantitative estimate of drug-likeness (QED) is 0.935. The molecule has 1 N–H and O–H groups in total. The van der Waals surface area contributed by atoms with Gasteiger partial charge in [0.1, 0.15) is 5.82 Å². The summed E-state index contributed by atoms with van der Waals surface area (Å²) in [5, 5.41) is 12.7. The van der Waals surface area contributed by atoms with Gasteiger partial charge in [0, 0.05) is 38.0 Å². The summed E-state index contributed by atoms with van der Waals surface area (Å²) in [5.74, 6) is 1.10. The van der Waals surface area contributed by atoms with Crippen molar-refractivity contribution in [2.45, 2.75) is 19.1 Å². The first-order chi connectivity index (χ1) is 11.0. The van der Waals surface area contributed by atoms with Crippen molar-refractivity contribution in [3.63, 3.8) is 0 Å². The Bertz CT molecular complexity index is 653. The zero-order valence-corrected chi connectivity index (χ0v) is 12.4. The number of pyridine rings is 1. The molecule has 8 heteroatoms. The molecule has 0 unspecified atom stereocenters. The van der Waals surface area contributed by atoms with E-state index in [-0.39, 0.29) is 19.1 Å². The van der Waals surface area contributed by atoms with Crippen LogP contribution in [0.25, 0.3) is 0 Å². The summed E-state index contributed by atoms with van der Waals surface area (Å²) in [6.45, 7) is 2.04. The van der Waals surface area contributed by atoms with Crippen LogP contribution in [0.1, 0.15) is 17.7 Å². The van der Waals surface area contributed by atoms with Crippen LogP contribution in [0.5, 0.6) is 0 Å². The minimum absolute atomic E-state index is 0.176. The van der Waals surface area contributed by atoms with Crippen molar-refractivity contribution < 1.29 is 18.3 Å². The Morgan fingerprint density at radius 3 is 2.65 bits per heavy atom. The Hall–Kier alpha value is -2.09. The summed E-state index contributed by atoms with van der Waals surface area (Å²) >= 11 is 0. The Morgan fingerprint density at radius 2 is 2.09 bits per heavy atom. The molecule has 1 aliphatic heterocycles. The molecule has 0 amide bonds. The zero-order valence-electron chi connectivity index (χ0n) is 12.4. The largest absolute Gasteiger partial charge is 0.435 e. The van der Waals surface area contributed by atoms with Gasteiger partial charge in [-0.15, -0.1) is 0 Å². The van der Waals surface area contributed by atoms with Crippen molar-refractivity contribution in [1.29, 1.82) is 0 Å². The molecule has 23 heavy (non-hydrogen) atoms. The minimum Gasteiger partial charge on any atom is -0.396 e. The van der Waals surface area contributed by atoms with Gasteiger partial charge in [0.15, 0.2) is 5.69 Å². The smallest absolute Gasteiger partial charge is 0.396 e. The Labute approximate surface area is 131 Å². The third-order valence-corrected chi connectivity index (χ3v) is 3.95. The maximum Gasteiger partial charge on any atom is 0.435 e. The molecule has 1 saturated heterocycles. The van der Waals surface area contributed by atoms with E-state index in [0.717, 1.165) is 37.0 Å². The molecule has 5 nitrogen and oxygen atoms in total. The van der Waals surface area contributed by atoms with Gasteiger partial charge < -0.3 is 10.0 Å². The summed E-state index contributed by atoms with van der Waals surface area (Å²) in [4.78, 5) is 6.46. The minimum atomic E-state index is -4.42. The van der Waals surface area contributed by atoms with E-state index < -0.39 is 11.9 Å². The fraction of sp³-hybridized carbons (Fsp3) is 0.467. The predicted molar refractivity (Wildman–Crippen MR) is 78.0 cm³/mol. The molecule has 1 atom stereocenters. The average Bonchev–Trinajstić information content (AvgIpc) is 3.16. The van der Waals surface area contributed by atoms with E-state index in [4.69, 9.17) is 5.11 Å². The van der Waals surface area contributed by atoms with Crippen molar-refractivity contribution in [2.75, 3.05) is 24.6 Å². The third-order valence-electron chi connectivity index (χ3n) is 3.95. The lowest BCUT2D eigenvalue weighted by Gasteiger charge is -2.17. The molecule has 0 bridgehead atoms. The van der Waals surface area contributed by atoms with Crippen LogP contribution in [-0.4, -0.2) is 39.6 Å². The molecule has 0 aromatic carbocycles. The van der Waals surface area contributed by atoms with Gasteiger partial charge in [-0.25, -0.2) is 4.98 Å². The first-order valence-corrected chi connectivity index (χ1v) is 7.37. The number of anilines is 1. The number of aliphatic hydroxyl groups is 1. The topological polar surface area (TPSA) is 54.2 Å². The lowest BCUT2D eigenvalue weighted by atomic mass is 10.1. The van der Waals surface area contributed by atoms with Gasteiger partial charge in [-0.1, -0.05) is 6.07 Å². The second kappa shape index (κ2) is 6.19. The number of alkyl halides is 3. The number of nitrogens with zero attached hydrogens (tertiary/aromatic N) is 4. The Morgan fingerprint density at radius 1 is 1.26 bits per heavy atom. The van der Waals surface area contributed by atoms with E-state index >= 15 is 0 Å². The number of aromatic nitrogens is 3. The summed E-state index contributed by atoms with van der Waals surface area (Å²) in [6.07, 6.45) is -0.528. The summed E-state index contributed by atoms with van der Waals surface area (Å²) in [7, 11) is 0. The molecule has 2 aromatic heterocycles. The Kier molecular flexibility index (Phi) is 4.25. The van der Waals surface area contributed by atoms with Gasteiger partial charge in [-0.05, 0) is 24.1 Å². The van der Waals surface area contributed by atoms with Crippen molar-refractivity contribution in [3.8, 4) is 0 Å². The van der Waals surface area contributed by atoms with Gasteiger partial charge in [-0.3, -0.25) is 4.68 Å². The van der Waals surface area contributed by atoms with Crippen LogP contribution in [-0.2, 0) is 12.7 Å². The first-order valence-electron chi connectivity index (χ1n) is 7.37. The number of hydrogen-bond acceptors (Lipinski definition) is 4. The monoisotopic (exact) mass is 326 g/mol. The van der Waals surface area contributed by atoms with Crippen molar-refractivity contribution >= 4 is 5.82 Å². The standard InChI is InChI=1S/C15H17F3N4O/c16-15(17,18)13-4-6-22(20-13)9-11-1-2-14(19-7-11)21-5-3-12(8-21)10-23/h1-2,4,6-7,12,23H,3,5,8-10H2/t12-/m1/s1. The zero-order chi connectivity index (χ0) is 16.4. The highest BCUT2D eigenvalue weighted by molar-refractivity contribution is 5.40. The van der Waals surface area contributed by atoms with Gasteiger partial charge in [0.25, 0.3) is 0 Å². The molecule has 3 rings (SSSR count). The van der Waals surface area contributed by atoms with Gasteiger partial charge in [0.2, 0.25) is 0 Å². The van der Waals surface area contributed by atoms with E-state index in [1.807, 2.05) is 12.1 Å². The maximum absolute atomic E-state index is 12.5. The molecule has 2 aromatic rings. The molecular formula is C15H17F3N4O. The lowest BCUT2D eigenvalue weighted by molar-refractivity contribution is -0.141. The van der Waals surface area contributed by atoms with Crippen LogP contribution < -0.4 is 4.90 Å². The summed E-state index contributed by atoms with van der Waals surface area (Å²) in [6, 6.07) is 4.65. The van der Waals surface area contributed by atoms with Crippen molar-refractivity contribution in [2.24, 2.45) is 5.92 Å². The number of halogens is 3. The molecule has 0 spiro atoms. The van der Waals surface area contributed by atoms with Gasteiger partial charge >= 0.3 is 6.18 Å².